The van der Waals surface area contributed by atoms with Crippen molar-refractivity contribution in [3.8, 4) is 0 Å². The van der Waals surface area contributed by atoms with E-state index in [0.717, 1.165) is 31.7 Å². The molecule has 3 rings (SSSR count). The van der Waals surface area contributed by atoms with E-state index in [4.69, 9.17) is 11.6 Å². The summed E-state index contributed by atoms with van der Waals surface area (Å²) in [5, 5.41) is 3.69. The Balaban J connectivity index is 1.56. The maximum Gasteiger partial charge on any atom is 0.143 e. The molecule has 0 amide bonds. The van der Waals surface area contributed by atoms with Crippen molar-refractivity contribution in [2.45, 2.75) is 19.0 Å². The molecular weight excluding hydrogens is 289 g/mol. The minimum absolute atomic E-state index is 0.171. The Morgan fingerprint density at radius 3 is 3.05 bits per heavy atom. The van der Waals surface area contributed by atoms with Crippen LogP contribution >= 0.6 is 11.6 Å². The van der Waals surface area contributed by atoms with Crippen molar-refractivity contribution in [3.05, 3.63) is 59.1 Å². The van der Waals surface area contributed by atoms with E-state index in [1.807, 2.05) is 18.3 Å². The first kappa shape index (κ1) is 14.3. The van der Waals surface area contributed by atoms with E-state index in [-0.39, 0.29) is 10.8 Å². The van der Waals surface area contributed by atoms with Crippen molar-refractivity contribution in [1.82, 2.24) is 10.3 Å². The van der Waals surface area contributed by atoms with E-state index in [2.05, 4.69) is 21.3 Å². The molecule has 1 aliphatic rings. The first-order chi connectivity index (χ1) is 10.2. The predicted molar refractivity (Wildman–Crippen MR) is 83.1 cm³/mol. The summed E-state index contributed by atoms with van der Waals surface area (Å²) in [5.74, 6) is -0.360. The first-order valence-corrected chi connectivity index (χ1v) is 7.42. The number of nitrogens with zero attached hydrogens (tertiary/aromatic N) is 2. The number of benzene rings is 1. The summed E-state index contributed by atoms with van der Waals surface area (Å²) in [6, 6.07) is 9.39. The van der Waals surface area contributed by atoms with Gasteiger partial charge in [-0.3, -0.25) is 4.98 Å². The molecule has 0 aliphatic carbocycles. The van der Waals surface area contributed by atoms with Crippen LogP contribution < -0.4 is 10.2 Å². The van der Waals surface area contributed by atoms with Crippen molar-refractivity contribution in [1.29, 1.82) is 0 Å². The maximum atomic E-state index is 13.5. The summed E-state index contributed by atoms with van der Waals surface area (Å²) in [7, 11) is 0. The lowest BCUT2D eigenvalue weighted by Crippen LogP contribution is -2.32. The first-order valence-electron chi connectivity index (χ1n) is 7.04. The topological polar surface area (TPSA) is 28.2 Å². The Labute approximate surface area is 128 Å². The van der Waals surface area contributed by atoms with Gasteiger partial charge in [-0.2, -0.15) is 0 Å². The lowest BCUT2D eigenvalue weighted by atomic mass is 10.2. The molecular formula is C16H17ClFN3. The fourth-order valence-corrected chi connectivity index (χ4v) is 2.73. The van der Waals surface area contributed by atoms with Crippen LogP contribution in [0.1, 0.15) is 12.0 Å². The molecule has 1 N–H and O–H groups in total. The second-order valence-electron chi connectivity index (χ2n) is 5.27. The van der Waals surface area contributed by atoms with Crippen LogP contribution in [-0.2, 0) is 6.54 Å². The minimum Gasteiger partial charge on any atom is -0.370 e. The average Bonchev–Trinajstić information content (AvgIpc) is 2.98. The van der Waals surface area contributed by atoms with Crippen LogP contribution in [0.15, 0.2) is 42.7 Å². The summed E-state index contributed by atoms with van der Waals surface area (Å²) >= 11 is 5.72. The van der Waals surface area contributed by atoms with Gasteiger partial charge in [0.1, 0.15) is 5.82 Å². The van der Waals surface area contributed by atoms with Gasteiger partial charge in [0, 0.05) is 43.8 Å². The molecule has 1 aliphatic heterocycles. The fraction of sp³-hybridized carbons (Fsp3) is 0.312. The summed E-state index contributed by atoms with van der Waals surface area (Å²) in [5.41, 5.74) is 2.07. The van der Waals surface area contributed by atoms with Crippen LogP contribution in [0.3, 0.4) is 0 Å². The number of pyridine rings is 1. The number of hydrogen-bond donors (Lipinski definition) is 1. The number of halogens is 2. The molecule has 0 radical (unpaired) electrons. The van der Waals surface area contributed by atoms with Gasteiger partial charge < -0.3 is 10.2 Å². The Kier molecular flexibility index (Phi) is 4.36. The van der Waals surface area contributed by atoms with Crippen LogP contribution in [-0.4, -0.2) is 24.1 Å². The molecule has 3 nitrogen and oxygen atoms in total. The van der Waals surface area contributed by atoms with Gasteiger partial charge in [-0.15, -0.1) is 0 Å². The van der Waals surface area contributed by atoms with Gasteiger partial charge >= 0.3 is 0 Å². The van der Waals surface area contributed by atoms with Gasteiger partial charge in [0.2, 0.25) is 0 Å². The average molecular weight is 306 g/mol. The Hall–Kier alpha value is -1.65. The quantitative estimate of drug-likeness (QED) is 0.940. The number of hydrogen-bond acceptors (Lipinski definition) is 3. The monoisotopic (exact) mass is 305 g/mol. The Morgan fingerprint density at radius 1 is 1.38 bits per heavy atom. The SMILES string of the molecule is Fc1cc(N2CCC(NCc3cccnc3)C2)ccc1Cl. The second-order valence-corrected chi connectivity index (χ2v) is 5.68. The molecule has 5 heteroatoms. The fourth-order valence-electron chi connectivity index (χ4n) is 2.61. The lowest BCUT2D eigenvalue weighted by molar-refractivity contribution is 0.550. The predicted octanol–water partition coefficient (Wildman–Crippen LogP) is 3.24. The van der Waals surface area contributed by atoms with E-state index >= 15 is 0 Å². The van der Waals surface area contributed by atoms with Crippen molar-refractivity contribution in [2.75, 3.05) is 18.0 Å². The highest BCUT2D eigenvalue weighted by molar-refractivity contribution is 6.30. The molecule has 1 aromatic heterocycles. The molecule has 2 aromatic rings. The molecule has 1 saturated heterocycles. The van der Waals surface area contributed by atoms with E-state index in [1.54, 1.807) is 12.3 Å². The third-order valence-corrected chi connectivity index (χ3v) is 4.08. The van der Waals surface area contributed by atoms with E-state index < -0.39 is 0 Å². The molecule has 0 spiro atoms. The van der Waals surface area contributed by atoms with Crippen LogP contribution in [0.5, 0.6) is 0 Å². The summed E-state index contributed by atoms with van der Waals surface area (Å²) in [6.45, 7) is 2.61. The van der Waals surface area contributed by atoms with Gasteiger partial charge in [-0.1, -0.05) is 17.7 Å². The Bertz CT molecular complexity index is 606. The van der Waals surface area contributed by atoms with Crippen LogP contribution in [0.2, 0.25) is 5.02 Å². The van der Waals surface area contributed by atoms with Gasteiger partial charge in [-0.05, 0) is 36.2 Å². The van der Waals surface area contributed by atoms with E-state index in [9.17, 15) is 4.39 Å². The normalized spacial score (nSPS) is 18.2. The smallest absolute Gasteiger partial charge is 0.143 e. The number of rotatable bonds is 4. The molecule has 1 atom stereocenters. The van der Waals surface area contributed by atoms with Crippen molar-refractivity contribution in [3.63, 3.8) is 0 Å². The van der Waals surface area contributed by atoms with Gasteiger partial charge in [0.05, 0.1) is 5.02 Å². The van der Waals surface area contributed by atoms with Crippen LogP contribution in [0, 0.1) is 5.82 Å². The number of aromatic nitrogens is 1. The van der Waals surface area contributed by atoms with Crippen molar-refractivity contribution < 1.29 is 4.39 Å². The largest absolute Gasteiger partial charge is 0.370 e. The molecule has 0 saturated carbocycles. The maximum absolute atomic E-state index is 13.5. The third kappa shape index (κ3) is 3.52. The highest BCUT2D eigenvalue weighted by Crippen LogP contribution is 2.25. The molecule has 1 unspecified atom stereocenters. The second kappa shape index (κ2) is 6.41. The zero-order valence-electron chi connectivity index (χ0n) is 11.6. The lowest BCUT2D eigenvalue weighted by Gasteiger charge is -2.19. The highest BCUT2D eigenvalue weighted by atomic mass is 35.5. The summed E-state index contributed by atoms with van der Waals surface area (Å²) in [6.07, 6.45) is 4.69. The van der Waals surface area contributed by atoms with Gasteiger partial charge in [0.15, 0.2) is 0 Å². The van der Waals surface area contributed by atoms with Crippen molar-refractivity contribution >= 4 is 17.3 Å². The molecule has 0 bridgehead atoms. The zero-order chi connectivity index (χ0) is 14.7. The van der Waals surface area contributed by atoms with Crippen LogP contribution in [0.4, 0.5) is 10.1 Å². The molecule has 1 aromatic carbocycles. The standard InChI is InChI=1S/C16H17ClFN3/c17-15-4-3-14(8-16(15)18)21-7-5-13(11-21)20-10-12-2-1-6-19-9-12/h1-4,6,8-9,13,20H,5,7,10-11H2. The Morgan fingerprint density at radius 2 is 2.29 bits per heavy atom. The molecule has 1 fully saturated rings. The van der Waals surface area contributed by atoms with Crippen LogP contribution in [0.25, 0.3) is 0 Å². The zero-order valence-corrected chi connectivity index (χ0v) is 12.4. The van der Waals surface area contributed by atoms with E-state index in [0.29, 0.717) is 6.04 Å². The number of anilines is 1. The minimum atomic E-state index is -0.360. The third-order valence-electron chi connectivity index (χ3n) is 3.77. The van der Waals surface area contributed by atoms with Gasteiger partial charge in [-0.25, -0.2) is 4.39 Å². The molecule has 21 heavy (non-hydrogen) atoms. The van der Waals surface area contributed by atoms with Gasteiger partial charge in [0.25, 0.3) is 0 Å². The summed E-state index contributed by atoms with van der Waals surface area (Å²) in [4.78, 5) is 6.29. The van der Waals surface area contributed by atoms with Crippen molar-refractivity contribution in [2.24, 2.45) is 0 Å². The molecule has 2 heterocycles. The molecule has 110 valence electrons. The highest BCUT2D eigenvalue weighted by Gasteiger charge is 2.22. The van der Waals surface area contributed by atoms with E-state index in [1.165, 1.54) is 11.6 Å². The number of nitrogens with one attached hydrogen (secondary N) is 1. The summed E-state index contributed by atoms with van der Waals surface area (Å²) < 4.78 is 13.5.